The van der Waals surface area contributed by atoms with Gasteiger partial charge >= 0.3 is 5.97 Å². The lowest BCUT2D eigenvalue weighted by molar-refractivity contribution is 0.0695. The Morgan fingerprint density at radius 1 is 1.18 bits per heavy atom. The Balaban J connectivity index is 1.70. The van der Waals surface area contributed by atoms with Crippen molar-refractivity contribution in [1.82, 2.24) is 14.5 Å². The van der Waals surface area contributed by atoms with Crippen LogP contribution in [-0.2, 0) is 11.3 Å². The number of methoxy groups -OCH3 is 1. The van der Waals surface area contributed by atoms with Crippen LogP contribution < -0.4 is 5.32 Å². The van der Waals surface area contributed by atoms with Crippen LogP contribution in [0.1, 0.15) is 33.3 Å². The molecule has 0 aliphatic carbocycles. The monoisotopic (exact) mass is 456 g/mol. The van der Waals surface area contributed by atoms with Crippen molar-refractivity contribution in [2.24, 2.45) is 0 Å². The first-order valence-corrected chi connectivity index (χ1v) is 11.4. The molecule has 0 fully saturated rings. The third-order valence-electron chi connectivity index (χ3n) is 6.00. The number of pyridine rings is 1. The fourth-order valence-electron chi connectivity index (χ4n) is 4.69. The van der Waals surface area contributed by atoms with Gasteiger partial charge in [-0.2, -0.15) is 0 Å². The third-order valence-corrected chi connectivity index (χ3v) is 7.08. The van der Waals surface area contributed by atoms with Gasteiger partial charge in [0, 0.05) is 23.8 Å². The molecule has 0 amide bonds. The molecule has 0 radical (unpaired) electrons. The van der Waals surface area contributed by atoms with E-state index in [0.29, 0.717) is 12.2 Å². The zero-order chi connectivity index (χ0) is 22.7. The highest BCUT2D eigenvalue weighted by molar-refractivity contribution is 7.22. The Labute approximate surface area is 193 Å². The van der Waals surface area contributed by atoms with Crippen LogP contribution in [0.4, 0.5) is 5.69 Å². The number of rotatable bonds is 4. The van der Waals surface area contributed by atoms with Crippen LogP contribution in [0.25, 0.3) is 32.0 Å². The number of imidazole rings is 1. The smallest absolute Gasteiger partial charge is 0.336 e. The van der Waals surface area contributed by atoms with Crippen molar-refractivity contribution in [3.8, 4) is 10.7 Å². The van der Waals surface area contributed by atoms with Crippen molar-refractivity contribution < 1.29 is 14.6 Å². The SMILES string of the molecule is COCc1cc(C)nc2sc3c(c12)NC(c1ccccc1C(=O)O)n1c-3nc2ccccc21. The predicted octanol–water partition coefficient (Wildman–Crippen LogP) is 5.44. The summed E-state index contributed by atoms with van der Waals surface area (Å²) in [5.74, 6) is -0.157. The molecule has 3 aromatic heterocycles. The highest BCUT2D eigenvalue weighted by Crippen LogP contribution is 2.49. The van der Waals surface area contributed by atoms with Crippen molar-refractivity contribution in [3.63, 3.8) is 0 Å². The van der Waals surface area contributed by atoms with Gasteiger partial charge in [-0.25, -0.2) is 14.8 Å². The lowest BCUT2D eigenvalue weighted by atomic mass is 10.0. The number of benzene rings is 2. The molecule has 1 aliphatic heterocycles. The van der Waals surface area contributed by atoms with Crippen LogP contribution in [-0.4, -0.2) is 32.7 Å². The second kappa shape index (κ2) is 7.40. The highest BCUT2D eigenvalue weighted by Gasteiger charge is 2.34. The van der Waals surface area contributed by atoms with E-state index in [0.717, 1.165) is 48.9 Å². The van der Waals surface area contributed by atoms with Gasteiger partial charge in [0.15, 0.2) is 5.82 Å². The quantitative estimate of drug-likeness (QED) is 0.374. The molecule has 0 bridgehead atoms. The number of para-hydroxylation sites is 2. The summed E-state index contributed by atoms with van der Waals surface area (Å²) >= 11 is 1.59. The van der Waals surface area contributed by atoms with Crippen molar-refractivity contribution in [3.05, 3.63) is 77.0 Å². The first kappa shape index (κ1) is 19.9. The number of nitrogens with one attached hydrogen (secondary N) is 1. The third kappa shape index (κ3) is 2.95. The fraction of sp³-hybridized carbons (Fsp3) is 0.160. The van der Waals surface area contributed by atoms with Crippen LogP contribution in [0.3, 0.4) is 0 Å². The number of aryl methyl sites for hydroxylation is 1. The first-order valence-electron chi connectivity index (χ1n) is 10.5. The van der Waals surface area contributed by atoms with Gasteiger partial charge in [-0.15, -0.1) is 11.3 Å². The van der Waals surface area contributed by atoms with E-state index in [9.17, 15) is 9.90 Å². The summed E-state index contributed by atoms with van der Waals surface area (Å²) in [6, 6.07) is 17.1. The number of nitrogens with zero attached hydrogens (tertiary/aromatic N) is 3. The molecule has 2 N–H and O–H groups in total. The number of carboxylic acid groups (broad SMARTS) is 1. The van der Waals surface area contributed by atoms with Gasteiger partial charge in [-0.05, 0) is 36.8 Å². The molecule has 1 aliphatic rings. The van der Waals surface area contributed by atoms with E-state index < -0.39 is 12.1 Å². The van der Waals surface area contributed by atoms with Crippen LogP contribution in [0.5, 0.6) is 0 Å². The van der Waals surface area contributed by atoms with Crippen molar-refractivity contribution in [2.75, 3.05) is 12.4 Å². The number of fused-ring (bicyclic) bond motifs is 7. The van der Waals surface area contributed by atoms with Gasteiger partial charge < -0.3 is 15.2 Å². The van der Waals surface area contributed by atoms with E-state index in [2.05, 4.69) is 9.88 Å². The minimum Gasteiger partial charge on any atom is -0.478 e. The van der Waals surface area contributed by atoms with Crippen molar-refractivity contribution in [1.29, 1.82) is 0 Å². The van der Waals surface area contributed by atoms with E-state index in [-0.39, 0.29) is 5.56 Å². The van der Waals surface area contributed by atoms with Crippen molar-refractivity contribution >= 4 is 44.2 Å². The molecule has 0 spiro atoms. The normalized spacial score (nSPS) is 14.8. The zero-order valence-corrected chi connectivity index (χ0v) is 18.8. The summed E-state index contributed by atoms with van der Waals surface area (Å²) in [7, 11) is 1.68. The predicted molar refractivity (Wildman–Crippen MR) is 129 cm³/mol. The van der Waals surface area contributed by atoms with Crippen molar-refractivity contribution in [2.45, 2.75) is 19.7 Å². The van der Waals surface area contributed by atoms with E-state index in [1.54, 1.807) is 30.6 Å². The Hall–Kier alpha value is -3.75. The average Bonchev–Trinajstić information content (AvgIpc) is 3.37. The second-order valence-electron chi connectivity index (χ2n) is 8.08. The Morgan fingerprint density at radius 3 is 2.79 bits per heavy atom. The Kier molecular flexibility index (Phi) is 4.46. The molecule has 33 heavy (non-hydrogen) atoms. The molecule has 0 saturated heterocycles. The molecule has 6 rings (SSSR count). The second-order valence-corrected chi connectivity index (χ2v) is 9.07. The maximum atomic E-state index is 12.1. The summed E-state index contributed by atoms with van der Waals surface area (Å²) in [5.41, 5.74) is 5.62. The molecule has 1 atom stereocenters. The number of ether oxygens (including phenoxy) is 1. The van der Waals surface area contributed by atoms with Crippen LogP contribution in [0, 0.1) is 6.92 Å². The number of carbonyl (C=O) groups is 1. The summed E-state index contributed by atoms with van der Waals surface area (Å²) in [6.45, 7) is 2.43. The Bertz CT molecular complexity index is 1570. The maximum absolute atomic E-state index is 12.1. The Morgan fingerprint density at radius 2 is 1.97 bits per heavy atom. The lowest BCUT2D eigenvalue weighted by Crippen LogP contribution is -2.26. The average molecular weight is 457 g/mol. The number of thiophene rings is 1. The van der Waals surface area contributed by atoms with Gasteiger partial charge in [-0.3, -0.25) is 4.57 Å². The number of hydrogen-bond donors (Lipinski definition) is 2. The minimum absolute atomic E-state index is 0.257. The topological polar surface area (TPSA) is 89.3 Å². The number of aromatic nitrogens is 3. The standard InChI is InChI=1S/C25H20N4O3S/c1-13-11-14(12-32-2)19-20-21(33-24(19)26-13)23-27-17-9-5-6-10-18(17)29(23)22(28-20)15-7-3-4-8-16(15)25(30)31/h3-11,22,28H,12H2,1-2H3,(H,30,31). The van der Waals surface area contributed by atoms with Gasteiger partial charge in [-0.1, -0.05) is 30.3 Å². The van der Waals surface area contributed by atoms with Gasteiger partial charge in [0.05, 0.1) is 33.8 Å². The van der Waals surface area contributed by atoms with Crippen LogP contribution >= 0.6 is 11.3 Å². The summed E-state index contributed by atoms with van der Waals surface area (Å²) < 4.78 is 7.58. The number of aromatic carboxylic acids is 1. The molecule has 4 heterocycles. The minimum atomic E-state index is -0.961. The van der Waals surface area contributed by atoms with E-state index in [1.165, 1.54) is 0 Å². The highest BCUT2D eigenvalue weighted by atomic mass is 32.1. The van der Waals surface area contributed by atoms with Gasteiger partial charge in [0.1, 0.15) is 11.0 Å². The van der Waals surface area contributed by atoms with E-state index in [1.807, 2.05) is 49.4 Å². The van der Waals surface area contributed by atoms with Gasteiger partial charge in [0.2, 0.25) is 0 Å². The largest absolute Gasteiger partial charge is 0.478 e. The van der Waals surface area contributed by atoms with Gasteiger partial charge in [0.25, 0.3) is 0 Å². The molecule has 1 unspecified atom stereocenters. The van der Waals surface area contributed by atoms with E-state index >= 15 is 0 Å². The summed E-state index contributed by atoms with van der Waals surface area (Å²) in [4.78, 5) is 23.7. The van der Waals surface area contributed by atoms with Crippen LogP contribution in [0.15, 0.2) is 54.6 Å². The molecule has 2 aromatic carbocycles. The number of carboxylic acids is 1. The molecular formula is C25H20N4O3S. The fourth-order valence-corrected chi connectivity index (χ4v) is 5.91. The number of anilines is 1. The molecule has 7 nitrogen and oxygen atoms in total. The lowest BCUT2D eigenvalue weighted by Gasteiger charge is -2.30. The maximum Gasteiger partial charge on any atom is 0.336 e. The molecule has 0 saturated carbocycles. The molecule has 8 heteroatoms. The summed E-state index contributed by atoms with van der Waals surface area (Å²) in [5, 5.41) is 14.6. The molecule has 164 valence electrons. The first-order chi connectivity index (χ1) is 16.1. The molecule has 5 aromatic rings. The summed E-state index contributed by atoms with van der Waals surface area (Å²) in [6.07, 6.45) is -0.443. The number of hydrogen-bond acceptors (Lipinski definition) is 6. The van der Waals surface area contributed by atoms with Crippen LogP contribution in [0.2, 0.25) is 0 Å². The van der Waals surface area contributed by atoms with E-state index in [4.69, 9.17) is 14.7 Å². The molecular weight excluding hydrogens is 436 g/mol. The zero-order valence-electron chi connectivity index (χ0n) is 18.0.